The first-order valence-electron chi connectivity index (χ1n) is 13.0. The lowest BCUT2D eigenvalue weighted by molar-refractivity contribution is -0.133. The lowest BCUT2D eigenvalue weighted by Crippen LogP contribution is -2.55. The number of carbonyl (C=O) groups excluding carboxylic acids is 2. The maximum Gasteiger partial charge on any atom is 0.265 e. The third kappa shape index (κ3) is 9.81. The number of thiocarbonyl (C=S) groups is 1. The molecule has 0 atom stereocenters. The zero-order chi connectivity index (χ0) is 26.9. The fourth-order valence-electron chi connectivity index (χ4n) is 3.56. The van der Waals surface area contributed by atoms with Crippen LogP contribution in [0.25, 0.3) is 6.08 Å². The van der Waals surface area contributed by atoms with E-state index in [1.807, 2.05) is 86.7 Å². The van der Waals surface area contributed by atoms with Crippen LogP contribution in [0.2, 0.25) is 0 Å². The highest BCUT2D eigenvalue weighted by Crippen LogP contribution is 2.17. The van der Waals surface area contributed by atoms with E-state index >= 15 is 0 Å². The average Bonchev–Trinajstić information content (AvgIpc) is 2.90. The van der Waals surface area contributed by atoms with Gasteiger partial charge in [0.05, 0.1) is 6.61 Å². The van der Waals surface area contributed by atoms with Gasteiger partial charge in [0.25, 0.3) is 11.8 Å². The molecular formula is C31H38N2O3S. The summed E-state index contributed by atoms with van der Waals surface area (Å²) in [5, 5.41) is 0.269. The Kier molecular flexibility index (Phi) is 13.7. The number of nitrogens with zero attached hydrogens (tertiary/aromatic N) is 2. The Morgan fingerprint density at radius 1 is 0.730 bits per heavy atom. The third-order valence-electron chi connectivity index (χ3n) is 5.63. The van der Waals surface area contributed by atoms with E-state index in [1.165, 1.54) is 29.1 Å². The van der Waals surface area contributed by atoms with Gasteiger partial charge in [-0.3, -0.25) is 19.4 Å². The van der Waals surface area contributed by atoms with Gasteiger partial charge in [-0.25, -0.2) is 0 Å². The van der Waals surface area contributed by atoms with E-state index in [4.69, 9.17) is 17.0 Å². The second-order valence-electron chi connectivity index (χ2n) is 8.34. The maximum absolute atomic E-state index is 12.5. The van der Waals surface area contributed by atoms with Crippen molar-refractivity contribution in [2.24, 2.45) is 0 Å². The van der Waals surface area contributed by atoms with Gasteiger partial charge in [0.2, 0.25) is 0 Å². The minimum atomic E-state index is -0.351. The molecule has 196 valence electrons. The molecule has 1 aliphatic rings. The second-order valence-corrected chi connectivity index (χ2v) is 8.70. The highest BCUT2D eigenvalue weighted by Gasteiger charge is 2.37. The van der Waals surface area contributed by atoms with Crippen molar-refractivity contribution in [3.8, 4) is 5.75 Å². The summed E-state index contributed by atoms with van der Waals surface area (Å²) >= 11 is 5.26. The van der Waals surface area contributed by atoms with E-state index in [0.29, 0.717) is 13.1 Å². The molecule has 1 aliphatic heterocycles. The standard InChI is InChI=1S/C31H38N2O3S/c1-4-7-8-18-25-36-27-23-21-26(22-24-27)19-16-14-12-10-9-11-13-15-17-20-28-29(34)32(5-2)31(37)33(6-3)30(28)35/h9-17,19-24H,4-8,18,25H2,1-3H3/b10-9+,13-11+,14-12+,17-15+,19-16+. The van der Waals surface area contributed by atoms with Crippen molar-refractivity contribution in [1.82, 2.24) is 9.80 Å². The SMILES string of the molecule is CCCCCCOc1ccc(/C=C/C=C/C=C/C=C/C=C/C=C2C(=O)N(CC)C(=S)N(CC)C2=O)cc1. The van der Waals surface area contributed by atoms with E-state index in [1.54, 1.807) is 18.2 Å². The van der Waals surface area contributed by atoms with Gasteiger partial charge in [-0.1, -0.05) is 99.1 Å². The lowest BCUT2D eigenvalue weighted by atomic mass is 10.1. The molecule has 1 fully saturated rings. The summed E-state index contributed by atoms with van der Waals surface area (Å²) in [6, 6.07) is 8.11. The van der Waals surface area contributed by atoms with Crippen LogP contribution in [0.3, 0.4) is 0 Å². The van der Waals surface area contributed by atoms with Gasteiger partial charge in [-0.05, 0) is 56.3 Å². The Morgan fingerprint density at radius 3 is 1.81 bits per heavy atom. The molecule has 2 rings (SSSR count). The molecular weight excluding hydrogens is 480 g/mol. The Hall–Kier alpha value is -3.51. The maximum atomic E-state index is 12.5. The van der Waals surface area contributed by atoms with Crippen molar-refractivity contribution in [2.75, 3.05) is 19.7 Å². The Balaban J connectivity index is 1.77. The van der Waals surface area contributed by atoms with E-state index in [-0.39, 0.29) is 22.5 Å². The molecule has 37 heavy (non-hydrogen) atoms. The van der Waals surface area contributed by atoms with Crippen LogP contribution in [0.1, 0.15) is 52.0 Å². The van der Waals surface area contributed by atoms with Crippen molar-refractivity contribution in [1.29, 1.82) is 0 Å². The molecule has 2 amide bonds. The summed E-state index contributed by atoms with van der Waals surface area (Å²) in [6.07, 6.45) is 25.3. The highest BCUT2D eigenvalue weighted by atomic mass is 32.1. The number of hydrogen-bond donors (Lipinski definition) is 0. The molecule has 0 spiro atoms. The van der Waals surface area contributed by atoms with Crippen LogP contribution in [-0.2, 0) is 9.59 Å². The van der Waals surface area contributed by atoms with Gasteiger partial charge in [0, 0.05) is 13.1 Å². The minimum absolute atomic E-state index is 0.122. The number of ether oxygens (including phenoxy) is 1. The summed E-state index contributed by atoms with van der Waals surface area (Å²) in [6.45, 7) is 7.51. The Morgan fingerprint density at radius 2 is 1.27 bits per heavy atom. The molecule has 1 saturated heterocycles. The van der Waals surface area contributed by atoms with E-state index in [2.05, 4.69) is 6.92 Å². The molecule has 1 aromatic rings. The number of allylic oxidation sites excluding steroid dienone is 10. The topological polar surface area (TPSA) is 49.9 Å². The fraction of sp³-hybridized carbons (Fsp3) is 0.323. The minimum Gasteiger partial charge on any atom is -0.494 e. The first-order valence-corrected chi connectivity index (χ1v) is 13.4. The predicted molar refractivity (Wildman–Crippen MR) is 157 cm³/mol. The normalized spacial score (nSPS) is 15.1. The molecule has 1 aromatic carbocycles. The fourth-order valence-corrected chi connectivity index (χ4v) is 3.99. The Bertz CT molecular complexity index is 1050. The number of benzene rings is 1. The number of rotatable bonds is 14. The highest BCUT2D eigenvalue weighted by molar-refractivity contribution is 7.80. The van der Waals surface area contributed by atoms with Crippen molar-refractivity contribution in [3.05, 3.63) is 96.2 Å². The monoisotopic (exact) mass is 518 g/mol. The van der Waals surface area contributed by atoms with E-state index in [9.17, 15) is 9.59 Å². The van der Waals surface area contributed by atoms with E-state index in [0.717, 1.165) is 24.3 Å². The molecule has 5 nitrogen and oxygen atoms in total. The first kappa shape index (κ1) is 29.7. The number of likely N-dealkylation sites (N-methyl/N-ethyl adjacent to an activating group) is 2. The van der Waals surface area contributed by atoms with Gasteiger partial charge in [0.15, 0.2) is 5.11 Å². The smallest absolute Gasteiger partial charge is 0.265 e. The van der Waals surface area contributed by atoms with Gasteiger partial charge < -0.3 is 4.74 Å². The van der Waals surface area contributed by atoms with Crippen LogP contribution in [-0.4, -0.2) is 46.4 Å². The van der Waals surface area contributed by atoms with Gasteiger partial charge >= 0.3 is 0 Å². The van der Waals surface area contributed by atoms with Crippen molar-refractivity contribution in [2.45, 2.75) is 46.5 Å². The summed E-state index contributed by atoms with van der Waals surface area (Å²) in [5.74, 6) is 0.211. The van der Waals surface area contributed by atoms with Crippen molar-refractivity contribution < 1.29 is 14.3 Å². The molecule has 0 N–H and O–H groups in total. The summed E-state index contributed by atoms with van der Waals surface area (Å²) in [7, 11) is 0. The van der Waals surface area contributed by atoms with Crippen LogP contribution in [0.5, 0.6) is 5.75 Å². The summed E-state index contributed by atoms with van der Waals surface area (Å²) < 4.78 is 5.77. The Labute approximate surface area is 227 Å². The van der Waals surface area contributed by atoms with Crippen LogP contribution >= 0.6 is 12.2 Å². The zero-order valence-corrected chi connectivity index (χ0v) is 23.0. The molecule has 0 bridgehead atoms. The van der Waals surface area contributed by atoms with Gasteiger partial charge in [-0.15, -0.1) is 0 Å². The first-order chi connectivity index (χ1) is 18.0. The van der Waals surface area contributed by atoms with Crippen LogP contribution in [0, 0.1) is 0 Å². The molecule has 0 aliphatic carbocycles. The van der Waals surface area contributed by atoms with Crippen LogP contribution in [0.15, 0.2) is 90.6 Å². The van der Waals surface area contributed by atoms with Crippen molar-refractivity contribution >= 4 is 35.2 Å². The molecule has 1 heterocycles. The average molecular weight is 519 g/mol. The number of unbranched alkanes of at least 4 members (excludes halogenated alkanes) is 3. The largest absolute Gasteiger partial charge is 0.494 e. The van der Waals surface area contributed by atoms with Crippen LogP contribution < -0.4 is 4.74 Å². The molecule has 0 radical (unpaired) electrons. The van der Waals surface area contributed by atoms with Crippen LogP contribution in [0.4, 0.5) is 0 Å². The molecule has 0 aromatic heterocycles. The van der Waals surface area contributed by atoms with Gasteiger partial charge in [0.1, 0.15) is 11.3 Å². The molecule has 6 heteroatoms. The van der Waals surface area contributed by atoms with E-state index < -0.39 is 0 Å². The third-order valence-corrected chi connectivity index (χ3v) is 6.07. The number of carbonyl (C=O) groups is 2. The summed E-state index contributed by atoms with van der Waals surface area (Å²) in [4.78, 5) is 28.0. The zero-order valence-electron chi connectivity index (χ0n) is 22.1. The van der Waals surface area contributed by atoms with Gasteiger partial charge in [-0.2, -0.15) is 0 Å². The quantitative estimate of drug-likeness (QED) is 0.0893. The second kappa shape index (κ2) is 17.0. The predicted octanol–water partition coefficient (Wildman–Crippen LogP) is 6.81. The number of amides is 2. The molecule has 0 saturated carbocycles. The molecule has 0 unspecified atom stereocenters. The summed E-state index contributed by atoms with van der Waals surface area (Å²) in [5.41, 5.74) is 1.24. The number of hydrogen-bond acceptors (Lipinski definition) is 4. The van der Waals surface area contributed by atoms with Crippen molar-refractivity contribution in [3.63, 3.8) is 0 Å². The lowest BCUT2D eigenvalue weighted by Gasteiger charge is -2.35.